The third kappa shape index (κ3) is 6.15. The molecule has 31 heavy (non-hydrogen) atoms. The van der Waals surface area contributed by atoms with Gasteiger partial charge in [0, 0.05) is 38.3 Å². The van der Waals surface area contributed by atoms with E-state index >= 15 is 4.39 Å². The molecule has 0 bridgehead atoms. The van der Waals surface area contributed by atoms with Crippen LogP contribution in [0.5, 0.6) is 11.5 Å². The first-order valence-electron chi connectivity index (χ1n) is 9.79. The highest BCUT2D eigenvalue weighted by molar-refractivity contribution is 6.32. The summed E-state index contributed by atoms with van der Waals surface area (Å²) >= 11 is 6.17. The van der Waals surface area contributed by atoms with E-state index in [1.165, 1.54) is 37.2 Å². The molecule has 0 unspecified atom stereocenters. The quantitative estimate of drug-likeness (QED) is 0.526. The van der Waals surface area contributed by atoms with Crippen molar-refractivity contribution < 1.29 is 23.1 Å². The maximum atomic E-state index is 15.4. The van der Waals surface area contributed by atoms with Crippen LogP contribution in [0.1, 0.15) is 42.2 Å². The molecule has 9 heteroatoms. The van der Waals surface area contributed by atoms with Gasteiger partial charge < -0.3 is 20.3 Å². The zero-order chi connectivity index (χ0) is 23.1. The summed E-state index contributed by atoms with van der Waals surface area (Å²) in [5.74, 6) is -2.05. The second-order valence-electron chi connectivity index (χ2n) is 7.28. The molecule has 0 saturated carbocycles. The highest BCUT2D eigenvalue weighted by Crippen LogP contribution is 2.37. The molecule has 0 heterocycles. The molecule has 2 aromatic rings. The van der Waals surface area contributed by atoms with Crippen molar-refractivity contribution in [3.63, 3.8) is 0 Å². The summed E-state index contributed by atoms with van der Waals surface area (Å²) in [4.78, 5) is 23.9. The second kappa shape index (κ2) is 11.1. The smallest absolute Gasteiger partial charge is 0.256 e. The number of carbonyl (C=O) groups excluding carboxylic acids is 2. The second-order valence-corrected chi connectivity index (χ2v) is 7.68. The molecule has 2 rings (SSSR count). The lowest BCUT2D eigenvalue weighted by atomic mass is 10.0. The average molecular weight is 454 g/mol. The largest absolute Gasteiger partial charge is 0.453 e. The molecule has 0 aliphatic heterocycles. The Morgan fingerprint density at radius 3 is 2.58 bits per heavy atom. The monoisotopic (exact) mass is 453 g/mol. The molecule has 168 valence electrons. The number of ether oxygens (including phenoxy) is 1. The maximum absolute atomic E-state index is 15.4. The van der Waals surface area contributed by atoms with Gasteiger partial charge in [-0.3, -0.25) is 9.59 Å². The van der Waals surface area contributed by atoms with Gasteiger partial charge in [0.2, 0.25) is 6.41 Å². The Balaban J connectivity index is 2.35. The normalized spacial score (nSPS) is 12.7. The predicted octanol–water partition coefficient (Wildman–Crippen LogP) is 4.29. The van der Waals surface area contributed by atoms with Gasteiger partial charge in [0.1, 0.15) is 11.6 Å². The van der Waals surface area contributed by atoms with Crippen LogP contribution in [0.2, 0.25) is 5.02 Å². The van der Waals surface area contributed by atoms with Crippen molar-refractivity contribution in [2.24, 2.45) is 0 Å². The molecule has 2 amide bonds. The van der Waals surface area contributed by atoms with Crippen molar-refractivity contribution in [1.82, 2.24) is 15.5 Å². The molecule has 0 aromatic heterocycles. The predicted molar refractivity (Wildman–Crippen MR) is 116 cm³/mol. The molecule has 6 nitrogen and oxygen atoms in total. The lowest BCUT2D eigenvalue weighted by molar-refractivity contribution is -0.109. The van der Waals surface area contributed by atoms with Gasteiger partial charge in [0.05, 0.1) is 10.6 Å². The van der Waals surface area contributed by atoms with E-state index in [0.29, 0.717) is 24.9 Å². The maximum Gasteiger partial charge on any atom is 0.256 e. The molecule has 2 atom stereocenters. The first-order valence-corrected chi connectivity index (χ1v) is 10.2. The topological polar surface area (TPSA) is 70.7 Å². The van der Waals surface area contributed by atoms with Gasteiger partial charge >= 0.3 is 0 Å². The van der Waals surface area contributed by atoms with Crippen molar-refractivity contribution >= 4 is 23.9 Å². The number of nitrogens with zero attached hydrogens (tertiary/aromatic N) is 1. The molecule has 0 spiro atoms. The highest BCUT2D eigenvalue weighted by atomic mass is 35.5. The van der Waals surface area contributed by atoms with Crippen LogP contribution in [0.15, 0.2) is 30.3 Å². The van der Waals surface area contributed by atoms with E-state index in [-0.39, 0.29) is 34.2 Å². The molecular weight excluding hydrogens is 428 g/mol. The summed E-state index contributed by atoms with van der Waals surface area (Å²) in [6.07, 6.45) is 1.17. The van der Waals surface area contributed by atoms with Crippen LogP contribution in [0.4, 0.5) is 8.78 Å². The van der Waals surface area contributed by atoms with E-state index in [9.17, 15) is 14.0 Å². The number of amides is 2. The summed E-state index contributed by atoms with van der Waals surface area (Å²) in [5.41, 5.74) is 0.145. The zero-order valence-corrected chi connectivity index (χ0v) is 18.6. The van der Waals surface area contributed by atoms with Crippen LogP contribution in [0.25, 0.3) is 0 Å². The fraction of sp³-hybridized carbons (Fsp3) is 0.364. The Morgan fingerprint density at radius 1 is 1.26 bits per heavy atom. The Kier molecular flexibility index (Phi) is 8.76. The third-order valence-electron chi connectivity index (χ3n) is 4.65. The van der Waals surface area contributed by atoms with Crippen LogP contribution in [0, 0.1) is 11.6 Å². The SMILES string of the molecule is CC[C@@H](N[C@H](C)CNC=O)c1ccc(Cl)c(Oc2ccc(F)c(C(=O)N(C)C)c2)c1F. The lowest BCUT2D eigenvalue weighted by Crippen LogP contribution is -2.38. The van der Waals surface area contributed by atoms with Crippen LogP contribution < -0.4 is 15.4 Å². The van der Waals surface area contributed by atoms with Gasteiger partial charge in [0.15, 0.2) is 11.6 Å². The van der Waals surface area contributed by atoms with Gasteiger partial charge in [-0.1, -0.05) is 24.6 Å². The highest BCUT2D eigenvalue weighted by Gasteiger charge is 2.22. The fourth-order valence-electron chi connectivity index (χ4n) is 3.06. The van der Waals surface area contributed by atoms with Crippen molar-refractivity contribution in [1.29, 1.82) is 0 Å². The number of halogens is 3. The van der Waals surface area contributed by atoms with Crippen LogP contribution >= 0.6 is 11.6 Å². The van der Waals surface area contributed by atoms with Gasteiger partial charge in [-0.15, -0.1) is 0 Å². The molecule has 0 saturated heterocycles. The Labute approximate surface area is 185 Å². The van der Waals surface area contributed by atoms with E-state index in [4.69, 9.17) is 16.3 Å². The van der Waals surface area contributed by atoms with Gasteiger partial charge in [-0.25, -0.2) is 8.78 Å². The minimum Gasteiger partial charge on any atom is -0.453 e. The summed E-state index contributed by atoms with van der Waals surface area (Å²) in [5, 5.41) is 5.87. The fourth-order valence-corrected chi connectivity index (χ4v) is 3.24. The Bertz CT molecular complexity index is 940. The molecule has 2 N–H and O–H groups in total. The summed E-state index contributed by atoms with van der Waals surface area (Å²) in [7, 11) is 3.00. The number of rotatable bonds is 10. The first-order chi connectivity index (χ1) is 14.7. The summed E-state index contributed by atoms with van der Waals surface area (Å²) < 4.78 is 35.1. The van der Waals surface area contributed by atoms with E-state index in [1.807, 2.05) is 13.8 Å². The Hall–Kier alpha value is -2.71. The first kappa shape index (κ1) is 24.6. The summed E-state index contributed by atoms with van der Waals surface area (Å²) in [6, 6.07) is 6.21. The molecule has 0 fully saturated rings. The molecule has 2 aromatic carbocycles. The summed E-state index contributed by atoms with van der Waals surface area (Å²) in [6.45, 7) is 4.15. The van der Waals surface area contributed by atoms with Crippen LogP contribution in [-0.2, 0) is 4.79 Å². The number of nitrogens with one attached hydrogen (secondary N) is 2. The van der Waals surface area contributed by atoms with Gasteiger partial charge in [-0.2, -0.15) is 0 Å². The molecule has 0 aliphatic rings. The Morgan fingerprint density at radius 2 is 1.97 bits per heavy atom. The van der Waals surface area contributed by atoms with E-state index < -0.39 is 17.5 Å². The van der Waals surface area contributed by atoms with Crippen molar-refractivity contribution in [3.05, 3.63) is 58.1 Å². The minimum absolute atomic E-state index is 0.0385. The number of hydrogen-bond donors (Lipinski definition) is 2. The standard InChI is InChI=1S/C22H26ClF2N3O3/c1-5-19(27-13(2)11-26-12-29)15-7-8-17(23)21(20(15)25)31-14-6-9-18(24)16(10-14)22(30)28(3)4/h6-10,12-13,19,27H,5,11H2,1-4H3,(H,26,29)/t13-,19-/m1/s1. The molecular formula is C22H26ClF2N3O3. The minimum atomic E-state index is -0.709. The number of hydrogen-bond acceptors (Lipinski definition) is 4. The van der Waals surface area contributed by atoms with Gasteiger partial charge in [0.25, 0.3) is 5.91 Å². The van der Waals surface area contributed by atoms with Crippen LogP contribution in [0.3, 0.4) is 0 Å². The third-order valence-corrected chi connectivity index (χ3v) is 4.95. The number of carbonyl (C=O) groups is 2. The van der Waals surface area contributed by atoms with Gasteiger partial charge in [-0.05, 0) is 37.6 Å². The number of benzene rings is 2. The van der Waals surface area contributed by atoms with Crippen LogP contribution in [-0.4, -0.2) is 43.9 Å². The lowest BCUT2D eigenvalue weighted by Gasteiger charge is -2.24. The molecule has 0 radical (unpaired) electrons. The van der Waals surface area contributed by atoms with Crippen molar-refractivity contribution in [3.8, 4) is 11.5 Å². The van der Waals surface area contributed by atoms with E-state index in [0.717, 1.165) is 6.07 Å². The zero-order valence-electron chi connectivity index (χ0n) is 17.8. The molecule has 0 aliphatic carbocycles. The van der Waals surface area contributed by atoms with Crippen molar-refractivity contribution in [2.45, 2.75) is 32.4 Å². The van der Waals surface area contributed by atoms with Crippen molar-refractivity contribution in [2.75, 3.05) is 20.6 Å². The van der Waals surface area contributed by atoms with E-state index in [2.05, 4.69) is 10.6 Å². The average Bonchev–Trinajstić information content (AvgIpc) is 2.74. The van der Waals surface area contributed by atoms with E-state index in [1.54, 1.807) is 6.07 Å².